The van der Waals surface area contributed by atoms with Crippen LogP contribution >= 0.6 is 0 Å². The third-order valence-electron chi connectivity index (χ3n) is 4.77. The van der Waals surface area contributed by atoms with Crippen LogP contribution < -0.4 is 0 Å². The van der Waals surface area contributed by atoms with Crippen molar-refractivity contribution >= 4 is 0 Å². The highest BCUT2D eigenvalue weighted by Gasteiger charge is 2.06. The lowest BCUT2D eigenvalue weighted by atomic mass is 9.91. The van der Waals surface area contributed by atoms with Crippen molar-refractivity contribution in [1.82, 2.24) is 0 Å². The Morgan fingerprint density at radius 1 is 0.619 bits per heavy atom. The van der Waals surface area contributed by atoms with Crippen molar-refractivity contribution in [2.75, 3.05) is 0 Å². The summed E-state index contributed by atoms with van der Waals surface area (Å²) in [6.07, 6.45) is 20.0. The second-order valence-corrected chi connectivity index (χ2v) is 7.43. The molecule has 0 nitrogen and oxygen atoms in total. The molecule has 126 valence electrons. The fourth-order valence-corrected chi connectivity index (χ4v) is 3.13. The van der Waals surface area contributed by atoms with Gasteiger partial charge in [0.25, 0.3) is 0 Å². The van der Waals surface area contributed by atoms with E-state index in [1.165, 1.54) is 70.6 Å². The van der Waals surface area contributed by atoms with Gasteiger partial charge in [0.05, 0.1) is 0 Å². The van der Waals surface area contributed by atoms with Gasteiger partial charge in [-0.2, -0.15) is 0 Å². The molecule has 3 unspecified atom stereocenters. The minimum atomic E-state index is 0.875. The van der Waals surface area contributed by atoms with Gasteiger partial charge in [0.1, 0.15) is 0 Å². The normalized spacial score (nSPS) is 16.2. The topological polar surface area (TPSA) is 0 Å². The molecule has 0 aromatic carbocycles. The molecule has 3 atom stereocenters. The molecule has 0 aliphatic heterocycles. The smallest absolute Gasteiger partial charge is 0.0325 e. The van der Waals surface area contributed by atoms with Gasteiger partial charge in [-0.25, -0.2) is 0 Å². The zero-order valence-corrected chi connectivity index (χ0v) is 15.7. The second kappa shape index (κ2) is 14.7. The minimum Gasteiger partial charge on any atom is -0.0888 e. The molecule has 0 amide bonds. The van der Waals surface area contributed by atoms with Crippen molar-refractivity contribution in [2.24, 2.45) is 17.8 Å². The Hall–Kier alpha value is -0.260. The zero-order chi connectivity index (χ0) is 15.9. The van der Waals surface area contributed by atoms with E-state index in [1.807, 2.05) is 0 Å². The number of hydrogen-bond donors (Lipinski definition) is 0. The molecule has 0 N–H and O–H groups in total. The van der Waals surface area contributed by atoms with E-state index in [0.717, 1.165) is 17.8 Å². The Morgan fingerprint density at radius 2 is 1.19 bits per heavy atom. The first-order valence-corrected chi connectivity index (χ1v) is 9.75. The number of unbranched alkanes of at least 4 members (excludes halogenated alkanes) is 2. The van der Waals surface area contributed by atoms with Crippen LogP contribution in [0.15, 0.2) is 12.2 Å². The van der Waals surface area contributed by atoms with Gasteiger partial charge in [-0.1, -0.05) is 105 Å². The van der Waals surface area contributed by atoms with Crippen molar-refractivity contribution in [3.63, 3.8) is 0 Å². The predicted molar refractivity (Wildman–Crippen MR) is 98.8 cm³/mol. The Kier molecular flexibility index (Phi) is 14.5. The summed E-state index contributed by atoms with van der Waals surface area (Å²) in [5.74, 6) is 2.75. The summed E-state index contributed by atoms with van der Waals surface area (Å²) in [5, 5.41) is 0. The maximum Gasteiger partial charge on any atom is -0.0325 e. The maximum atomic E-state index is 2.46. The SMILES string of the molecule is CCC=CCC(C)CCCCCC(C)CCC(C)CCC. The van der Waals surface area contributed by atoms with Gasteiger partial charge < -0.3 is 0 Å². The minimum absolute atomic E-state index is 0.875. The van der Waals surface area contributed by atoms with E-state index in [2.05, 4.69) is 46.8 Å². The average Bonchev–Trinajstić information content (AvgIpc) is 2.45. The van der Waals surface area contributed by atoms with E-state index >= 15 is 0 Å². The summed E-state index contributed by atoms with van der Waals surface area (Å²) in [6.45, 7) is 11.8. The molecule has 0 fully saturated rings. The Balaban J connectivity index is 3.43. The number of rotatable bonds is 14. The molecular formula is C21H42. The van der Waals surface area contributed by atoms with Crippen LogP contribution in [-0.4, -0.2) is 0 Å². The number of hydrogen-bond acceptors (Lipinski definition) is 0. The predicted octanol–water partition coefficient (Wildman–Crippen LogP) is 7.78. The van der Waals surface area contributed by atoms with Crippen molar-refractivity contribution in [1.29, 1.82) is 0 Å². The van der Waals surface area contributed by atoms with Crippen LogP contribution in [0.5, 0.6) is 0 Å². The average molecular weight is 295 g/mol. The Labute approximate surface area is 135 Å². The molecule has 0 saturated carbocycles. The van der Waals surface area contributed by atoms with Crippen LogP contribution in [0.4, 0.5) is 0 Å². The summed E-state index contributed by atoms with van der Waals surface area (Å²) < 4.78 is 0. The lowest BCUT2D eigenvalue weighted by Crippen LogP contribution is -2.00. The monoisotopic (exact) mass is 294 g/mol. The molecule has 0 saturated heterocycles. The van der Waals surface area contributed by atoms with E-state index < -0.39 is 0 Å². The molecule has 0 radical (unpaired) electrons. The Bertz CT molecular complexity index is 228. The molecule has 0 heteroatoms. The van der Waals surface area contributed by atoms with Gasteiger partial charge in [0.2, 0.25) is 0 Å². The fraction of sp³-hybridized carbons (Fsp3) is 0.905. The molecule has 0 bridgehead atoms. The van der Waals surface area contributed by atoms with E-state index in [-0.39, 0.29) is 0 Å². The fourth-order valence-electron chi connectivity index (χ4n) is 3.13. The number of allylic oxidation sites excluding steroid dienone is 2. The lowest BCUT2D eigenvalue weighted by molar-refractivity contribution is 0.381. The lowest BCUT2D eigenvalue weighted by Gasteiger charge is -2.15. The third kappa shape index (κ3) is 14.4. The largest absolute Gasteiger partial charge is 0.0888 e. The Morgan fingerprint density at radius 3 is 1.76 bits per heavy atom. The van der Waals surface area contributed by atoms with Crippen LogP contribution in [-0.2, 0) is 0 Å². The summed E-state index contributed by atoms with van der Waals surface area (Å²) in [7, 11) is 0. The highest BCUT2D eigenvalue weighted by molar-refractivity contribution is 4.81. The molecule has 0 aliphatic carbocycles. The van der Waals surface area contributed by atoms with Crippen LogP contribution in [0.25, 0.3) is 0 Å². The summed E-state index contributed by atoms with van der Waals surface area (Å²) >= 11 is 0. The van der Waals surface area contributed by atoms with Gasteiger partial charge in [0, 0.05) is 0 Å². The molecule has 0 aromatic rings. The maximum absolute atomic E-state index is 2.46. The van der Waals surface area contributed by atoms with Gasteiger partial charge in [-0.3, -0.25) is 0 Å². The highest BCUT2D eigenvalue weighted by atomic mass is 14.1. The van der Waals surface area contributed by atoms with Gasteiger partial charge in [-0.15, -0.1) is 0 Å². The van der Waals surface area contributed by atoms with E-state index in [0.29, 0.717) is 0 Å². The first-order valence-electron chi connectivity index (χ1n) is 9.75. The quantitative estimate of drug-likeness (QED) is 0.226. The highest BCUT2D eigenvalue weighted by Crippen LogP contribution is 2.21. The van der Waals surface area contributed by atoms with Gasteiger partial charge in [0.15, 0.2) is 0 Å². The van der Waals surface area contributed by atoms with Crippen LogP contribution in [0, 0.1) is 17.8 Å². The molecule has 0 aromatic heterocycles. The van der Waals surface area contributed by atoms with E-state index in [9.17, 15) is 0 Å². The van der Waals surface area contributed by atoms with Gasteiger partial charge in [-0.05, 0) is 30.6 Å². The molecule has 0 rings (SSSR count). The third-order valence-corrected chi connectivity index (χ3v) is 4.77. The molecular weight excluding hydrogens is 252 g/mol. The van der Waals surface area contributed by atoms with E-state index in [4.69, 9.17) is 0 Å². The first-order chi connectivity index (χ1) is 10.1. The summed E-state index contributed by atoms with van der Waals surface area (Å²) in [4.78, 5) is 0. The molecule has 0 aliphatic rings. The standard InChI is InChI=1S/C21H42/c1-6-8-10-14-20(4)15-11-9-12-16-21(5)18-17-19(3)13-7-2/h8,10,19-21H,6-7,9,11-18H2,1-5H3. The van der Waals surface area contributed by atoms with Crippen molar-refractivity contribution in [3.05, 3.63) is 12.2 Å². The zero-order valence-electron chi connectivity index (χ0n) is 15.7. The summed E-state index contributed by atoms with van der Waals surface area (Å²) in [6, 6.07) is 0. The van der Waals surface area contributed by atoms with E-state index in [1.54, 1.807) is 0 Å². The van der Waals surface area contributed by atoms with Crippen LogP contribution in [0.3, 0.4) is 0 Å². The van der Waals surface area contributed by atoms with Crippen molar-refractivity contribution in [2.45, 2.75) is 105 Å². The van der Waals surface area contributed by atoms with Crippen LogP contribution in [0.1, 0.15) is 105 Å². The molecule has 0 spiro atoms. The van der Waals surface area contributed by atoms with Gasteiger partial charge >= 0.3 is 0 Å². The first kappa shape index (κ1) is 20.7. The second-order valence-electron chi connectivity index (χ2n) is 7.43. The molecule has 21 heavy (non-hydrogen) atoms. The van der Waals surface area contributed by atoms with Crippen molar-refractivity contribution < 1.29 is 0 Å². The molecule has 0 heterocycles. The van der Waals surface area contributed by atoms with Crippen molar-refractivity contribution in [3.8, 4) is 0 Å². The van der Waals surface area contributed by atoms with Crippen LogP contribution in [0.2, 0.25) is 0 Å². The summed E-state index contributed by atoms with van der Waals surface area (Å²) in [5.41, 5.74) is 0.